The zero-order valence-electron chi connectivity index (χ0n) is 16.4. The van der Waals surface area contributed by atoms with E-state index < -0.39 is 63.4 Å². The molecule has 0 radical (unpaired) electrons. The summed E-state index contributed by atoms with van der Waals surface area (Å²) >= 11 is 0. The normalized spacial score (nSPS) is 16.2. The van der Waals surface area contributed by atoms with Gasteiger partial charge in [-0.05, 0) is 54.5 Å². The fraction of sp³-hybridized carbons (Fsp3) is 0.167. The van der Waals surface area contributed by atoms with Crippen molar-refractivity contribution in [2.75, 3.05) is 0 Å². The first-order valence-corrected chi connectivity index (χ1v) is 9.72. The molecule has 0 aromatic heterocycles. The van der Waals surface area contributed by atoms with E-state index in [1.54, 1.807) is 6.08 Å². The van der Waals surface area contributed by atoms with Crippen molar-refractivity contribution in [2.24, 2.45) is 0 Å². The molecule has 4 rings (SSSR count). The molecule has 0 fully saturated rings. The number of aromatic hydroxyl groups is 2. The van der Waals surface area contributed by atoms with Crippen LogP contribution in [0.15, 0.2) is 42.5 Å². The van der Waals surface area contributed by atoms with Crippen LogP contribution >= 0.6 is 0 Å². The second-order valence-electron chi connectivity index (χ2n) is 7.55. The van der Waals surface area contributed by atoms with Crippen LogP contribution in [0.5, 0.6) is 11.5 Å². The highest BCUT2D eigenvalue weighted by atomic mass is 19.2. The van der Waals surface area contributed by atoms with Gasteiger partial charge in [-0.3, -0.25) is 0 Å². The van der Waals surface area contributed by atoms with Gasteiger partial charge in [0.25, 0.3) is 0 Å². The van der Waals surface area contributed by atoms with E-state index in [0.717, 1.165) is 24.3 Å². The third kappa shape index (κ3) is 3.59. The zero-order valence-corrected chi connectivity index (χ0v) is 16.4. The molecule has 0 bridgehead atoms. The molecular weight excluding hydrogens is 434 g/mol. The maximum atomic E-state index is 14.8. The van der Waals surface area contributed by atoms with Crippen molar-refractivity contribution in [2.45, 2.75) is 25.2 Å². The Hall–Kier alpha value is -3.42. The smallest absolute Gasteiger partial charge is 0.200 e. The highest BCUT2D eigenvalue weighted by molar-refractivity contribution is 5.73. The van der Waals surface area contributed by atoms with E-state index in [0.29, 0.717) is 12.0 Å². The van der Waals surface area contributed by atoms with Crippen LogP contribution in [0.3, 0.4) is 0 Å². The van der Waals surface area contributed by atoms with Crippen molar-refractivity contribution in [3.63, 3.8) is 0 Å². The first-order chi connectivity index (χ1) is 15.2. The lowest BCUT2D eigenvalue weighted by Gasteiger charge is -2.23. The molecule has 0 heterocycles. The molecule has 1 unspecified atom stereocenters. The van der Waals surface area contributed by atoms with Crippen LogP contribution in [0, 0.1) is 34.9 Å². The van der Waals surface area contributed by atoms with Crippen molar-refractivity contribution in [3.05, 3.63) is 88.5 Å². The largest absolute Gasteiger partial charge is 0.505 e. The predicted molar refractivity (Wildman–Crippen MR) is 106 cm³/mol. The van der Waals surface area contributed by atoms with E-state index in [9.17, 15) is 36.6 Å². The van der Waals surface area contributed by atoms with E-state index in [4.69, 9.17) is 0 Å². The summed E-state index contributed by atoms with van der Waals surface area (Å²) in [6, 6.07) is 6.49. The molecule has 166 valence electrons. The predicted octanol–water partition coefficient (Wildman–Crippen LogP) is 6.95. The molecule has 0 spiro atoms. The molecule has 3 aromatic rings. The third-order valence-electron chi connectivity index (χ3n) is 5.72. The minimum absolute atomic E-state index is 0.0679. The van der Waals surface area contributed by atoms with Gasteiger partial charge in [0.05, 0.1) is 0 Å². The molecule has 0 saturated carbocycles. The fourth-order valence-electron chi connectivity index (χ4n) is 3.98. The van der Waals surface area contributed by atoms with E-state index in [2.05, 4.69) is 0 Å². The second kappa shape index (κ2) is 8.26. The molecule has 0 amide bonds. The van der Waals surface area contributed by atoms with Gasteiger partial charge in [0, 0.05) is 16.7 Å². The summed E-state index contributed by atoms with van der Waals surface area (Å²) in [6.45, 7) is 0. The molecule has 32 heavy (non-hydrogen) atoms. The Labute approximate surface area is 179 Å². The minimum Gasteiger partial charge on any atom is -0.505 e. The number of benzene rings is 3. The van der Waals surface area contributed by atoms with Crippen LogP contribution in [0.2, 0.25) is 0 Å². The summed E-state index contributed by atoms with van der Waals surface area (Å²) in [4.78, 5) is 0. The summed E-state index contributed by atoms with van der Waals surface area (Å²) in [7, 11) is 0. The Morgan fingerprint density at radius 3 is 1.72 bits per heavy atom. The van der Waals surface area contributed by atoms with Crippen LogP contribution in [0.1, 0.15) is 36.3 Å². The number of hydrogen-bond acceptors (Lipinski definition) is 2. The third-order valence-corrected chi connectivity index (χ3v) is 5.72. The van der Waals surface area contributed by atoms with Crippen molar-refractivity contribution in [1.29, 1.82) is 0 Å². The van der Waals surface area contributed by atoms with E-state index >= 15 is 0 Å². The lowest BCUT2D eigenvalue weighted by atomic mass is 9.82. The summed E-state index contributed by atoms with van der Waals surface area (Å²) in [5, 5.41) is 18.5. The van der Waals surface area contributed by atoms with Crippen LogP contribution in [-0.2, 0) is 0 Å². The van der Waals surface area contributed by atoms with Crippen molar-refractivity contribution in [3.8, 4) is 22.6 Å². The quantitative estimate of drug-likeness (QED) is 0.424. The van der Waals surface area contributed by atoms with Gasteiger partial charge in [0.15, 0.2) is 34.8 Å². The highest BCUT2D eigenvalue weighted by Crippen LogP contribution is 2.40. The van der Waals surface area contributed by atoms with Crippen LogP contribution in [-0.4, -0.2) is 10.2 Å². The lowest BCUT2D eigenvalue weighted by molar-refractivity contribution is 0.400. The first-order valence-electron chi connectivity index (χ1n) is 9.72. The highest BCUT2D eigenvalue weighted by Gasteiger charge is 2.26. The first kappa shape index (κ1) is 21.8. The van der Waals surface area contributed by atoms with Gasteiger partial charge < -0.3 is 10.2 Å². The van der Waals surface area contributed by atoms with Crippen molar-refractivity contribution >= 4 is 5.57 Å². The number of phenols is 2. The number of rotatable bonds is 3. The van der Waals surface area contributed by atoms with Crippen molar-refractivity contribution < 1.29 is 36.6 Å². The Morgan fingerprint density at radius 1 is 0.594 bits per heavy atom. The monoisotopic (exact) mass is 450 g/mol. The Kier molecular flexibility index (Phi) is 5.62. The van der Waals surface area contributed by atoms with Gasteiger partial charge in [0.1, 0.15) is 0 Å². The topological polar surface area (TPSA) is 40.5 Å². The molecule has 1 atom stereocenters. The SMILES string of the molecule is Oc1ccc(-c2ccc(C3=CCC(c4ccc(O)c(F)c4F)CC3)c(F)c2F)c(F)c1F. The number of hydrogen-bond donors (Lipinski definition) is 2. The summed E-state index contributed by atoms with van der Waals surface area (Å²) in [5.41, 5.74) is -0.574. The molecule has 0 saturated heterocycles. The standard InChI is InChI=1S/C24H16F6O2/c25-19-13(5-6-15(21(19)27)16-8-10-18(32)24(30)22(16)28)11-1-3-12(4-2-11)14-7-9-17(31)23(29)20(14)26/h1,5-10,12,31-32H,2-4H2. The number of allylic oxidation sites excluding steroid dienone is 2. The van der Waals surface area contributed by atoms with Gasteiger partial charge in [0.2, 0.25) is 11.6 Å². The summed E-state index contributed by atoms with van der Waals surface area (Å²) < 4.78 is 85.0. The zero-order chi connectivity index (χ0) is 23.2. The van der Waals surface area contributed by atoms with Gasteiger partial charge in [-0.1, -0.05) is 24.3 Å². The maximum absolute atomic E-state index is 14.8. The van der Waals surface area contributed by atoms with Gasteiger partial charge in [-0.2, -0.15) is 8.78 Å². The average molecular weight is 450 g/mol. The van der Waals surface area contributed by atoms with Gasteiger partial charge in [-0.15, -0.1) is 0 Å². The van der Waals surface area contributed by atoms with Gasteiger partial charge >= 0.3 is 0 Å². The molecule has 0 aliphatic heterocycles. The Bertz CT molecular complexity index is 1250. The molecule has 2 N–H and O–H groups in total. The van der Waals surface area contributed by atoms with E-state index in [1.807, 2.05) is 0 Å². The minimum atomic E-state index is -1.56. The Balaban J connectivity index is 1.64. The Morgan fingerprint density at radius 2 is 1.09 bits per heavy atom. The number of halogens is 6. The molecule has 3 aromatic carbocycles. The van der Waals surface area contributed by atoms with Gasteiger partial charge in [-0.25, -0.2) is 17.6 Å². The average Bonchev–Trinajstić information content (AvgIpc) is 2.79. The summed E-state index contributed by atoms with van der Waals surface area (Å²) in [5.74, 6) is -10.3. The molecule has 1 aliphatic rings. The lowest BCUT2D eigenvalue weighted by Crippen LogP contribution is -2.08. The van der Waals surface area contributed by atoms with Crippen LogP contribution in [0.4, 0.5) is 26.3 Å². The molecule has 2 nitrogen and oxygen atoms in total. The molecule has 8 heteroatoms. The van der Waals surface area contributed by atoms with Crippen LogP contribution < -0.4 is 0 Å². The maximum Gasteiger partial charge on any atom is 0.200 e. The molecule has 1 aliphatic carbocycles. The van der Waals surface area contributed by atoms with E-state index in [-0.39, 0.29) is 24.0 Å². The number of phenolic OH excluding ortho intramolecular Hbond substituents is 2. The van der Waals surface area contributed by atoms with Crippen LogP contribution in [0.25, 0.3) is 16.7 Å². The second-order valence-corrected chi connectivity index (χ2v) is 7.55. The summed E-state index contributed by atoms with van der Waals surface area (Å²) in [6.07, 6.45) is 2.39. The fourth-order valence-corrected chi connectivity index (χ4v) is 3.98. The van der Waals surface area contributed by atoms with Crippen molar-refractivity contribution in [1.82, 2.24) is 0 Å². The van der Waals surface area contributed by atoms with E-state index in [1.165, 1.54) is 12.1 Å². The molecular formula is C24H16F6O2.